The van der Waals surface area contributed by atoms with Gasteiger partial charge in [-0.15, -0.1) is 0 Å². The second kappa shape index (κ2) is 5.82. The molecule has 2 nitrogen and oxygen atoms in total. The van der Waals surface area contributed by atoms with E-state index in [1.807, 2.05) is 84.6 Å². The summed E-state index contributed by atoms with van der Waals surface area (Å²) in [5.41, 5.74) is 5.72. The first-order valence-electron chi connectivity index (χ1n) is 8.01. The highest BCUT2D eigenvalue weighted by Crippen LogP contribution is 2.37. The van der Waals surface area contributed by atoms with Gasteiger partial charge >= 0.3 is 0 Å². The SMILES string of the molecule is Cc1ccc(C(=O)N2c3ccccc3C=Cc3ccccc32)cc1. The normalized spacial score (nSPS) is 12.3. The molecule has 3 aromatic carbocycles. The number of hydrogen-bond acceptors (Lipinski definition) is 1. The van der Waals surface area contributed by atoms with Crippen molar-refractivity contribution in [1.82, 2.24) is 0 Å². The maximum atomic E-state index is 13.3. The van der Waals surface area contributed by atoms with Crippen LogP contribution in [0.4, 0.5) is 11.4 Å². The Hall–Kier alpha value is -3.13. The summed E-state index contributed by atoms with van der Waals surface area (Å²) in [5, 5.41) is 0. The second-order valence-corrected chi connectivity index (χ2v) is 5.96. The summed E-state index contributed by atoms with van der Waals surface area (Å²) in [5.74, 6) is -0.0152. The lowest BCUT2D eigenvalue weighted by Crippen LogP contribution is -2.26. The summed E-state index contributed by atoms with van der Waals surface area (Å²) in [7, 11) is 0. The molecule has 0 unspecified atom stereocenters. The molecule has 0 spiro atoms. The topological polar surface area (TPSA) is 20.3 Å². The molecule has 0 fully saturated rings. The Labute approximate surface area is 141 Å². The quantitative estimate of drug-likeness (QED) is 0.584. The van der Waals surface area contributed by atoms with Crippen LogP contribution in [0.2, 0.25) is 0 Å². The van der Waals surface area contributed by atoms with E-state index in [0.717, 1.165) is 28.1 Å². The fourth-order valence-corrected chi connectivity index (χ4v) is 3.02. The Morgan fingerprint density at radius 3 is 1.75 bits per heavy atom. The van der Waals surface area contributed by atoms with Gasteiger partial charge in [-0.25, -0.2) is 0 Å². The van der Waals surface area contributed by atoms with Gasteiger partial charge in [0, 0.05) is 5.56 Å². The van der Waals surface area contributed by atoms with Crippen LogP contribution in [0.5, 0.6) is 0 Å². The molecule has 24 heavy (non-hydrogen) atoms. The molecule has 0 aromatic heterocycles. The number of amides is 1. The number of benzene rings is 3. The zero-order chi connectivity index (χ0) is 16.5. The van der Waals surface area contributed by atoms with E-state index < -0.39 is 0 Å². The third-order valence-electron chi connectivity index (χ3n) is 4.30. The van der Waals surface area contributed by atoms with Crippen molar-refractivity contribution in [1.29, 1.82) is 0 Å². The molecule has 0 saturated carbocycles. The molecule has 0 N–H and O–H groups in total. The Morgan fingerprint density at radius 1 is 0.708 bits per heavy atom. The van der Waals surface area contributed by atoms with Crippen LogP contribution in [-0.4, -0.2) is 5.91 Å². The second-order valence-electron chi connectivity index (χ2n) is 5.96. The van der Waals surface area contributed by atoms with Gasteiger partial charge < -0.3 is 0 Å². The van der Waals surface area contributed by atoms with Crippen LogP contribution in [0.3, 0.4) is 0 Å². The van der Waals surface area contributed by atoms with Crippen LogP contribution in [0, 0.1) is 6.92 Å². The number of aryl methyl sites for hydroxylation is 1. The Balaban J connectivity index is 1.91. The van der Waals surface area contributed by atoms with Crippen molar-refractivity contribution in [3.05, 3.63) is 95.1 Å². The fourth-order valence-electron chi connectivity index (χ4n) is 3.02. The minimum Gasteiger partial charge on any atom is -0.276 e. The molecular weight excluding hydrogens is 294 g/mol. The molecule has 0 radical (unpaired) electrons. The third-order valence-corrected chi connectivity index (χ3v) is 4.30. The van der Waals surface area contributed by atoms with Crippen molar-refractivity contribution in [2.75, 3.05) is 4.90 Å². The Kier molecular flexibility index (Phi) is 3.51. The lowest BCUT2D eigenvalue weighted by molar-refractivity contribution is 0.0999. The number of hydrogen-bond donors (Lipinski definition) is 0. The summed E-state index contributed by atoms with van der Waals surface area (Å²) in [6, 6.07) is 23.7. The van der Waals surface area contributed by atoms with Crippen molar-refractivity contribution in [2.24, 2.45) is 0 Å². The molecule has 1 aliphatic heterocycles. The average molecular weight is 311 g/mol. The zero-order valence-corrected chi connectivity index (χ0v) is 13.4. The molecule has 1 amide bonds. The number of carbonyl (C=O) groups is 1. The lowest BCUT2D eigenvalue weighted by atomic mass is 10.1. The van der Waals surface area contributed by atoms with E-state index in [9.17, 15) is 4.79 Å². The van der Waals surface area contributed by atoms with E-state index in [4.69, 9.17) is 0 Å². The largest absolute Gasteiger partial charge is 0.276 e. The van der Waals surface area contributed by atoms with Crippen LogP contribution in [0.15, 0.2) is 72.8 Å². The Bertz CT molecular complexity index is 889. The Morgan fingerprint density at radius 2 is 1.21 bits per heavy atom. The standard InChI is InChI=1S/C22H17NO/c1-16-10-12-19(13-11-16)22(24)23-20-8-4-2-6-17(20)14-15-18-7-3-5-9-21(18)23/h2-15H,1H3. The molecule has 3 aromatic rings. The van der Waals surface area contributed by atoms with Gasteiger partial charge in [-0.1, -0.05) is 66.2 Å². The van der Waals surface area contributed by atoms with E-state index in [0.29, 0.717) is 5.56 Å². The summed E-state index contributed by atoms with van der Waals surface area (Å²) in [6.07, 6.45) is 4.13. The third kappa shape index (κ3) is 2.42. The van der Waals surface area contributed by atoms with Gasteiger partial charge in [-0.3, -0.25) is 9.69 Å². The summed E-state index contributed by atoms with van der Waals surface area (Å²) in [6.45, 7) is 2.02. The van der Waals surface area contributed by atoms with Crippen molar-refractivity contribution >= 4 is 29.4 Å². The molecule has 0 bridgehead atoms. The summed E-state index contributed by atoms with van der Waals surface area (Å²) in [4.78, 5) is 15.1. The van der Waals surface area contributed by atoms with E-state index in [2.05, 4.69) is 12.2 Å². The van der Waals surface area contributed by atoms with Gasteiger partial charge in [0.15, 0.2) is 0 Å². The number of para-hydroxylation sites is 2. The maximum Gasteiger partial charge on any atom is 0.262 e. The van der Waals surface area contributed by atoms with Crippen molar-refractivity contribution in [3.63, 3.8) is 0 Å². The molecular formula is C22H17NO. The van der Waals surface area contributed by atoms with Crippen LogP contribution >= 0.6 is 0 Å². The minimum absolute atomic E-state index is 0.0152. The zero-order valence-electron chi connectivity index (χ0n) is 13.4. The van der Waals surface area contributed by atoms with Gasteiger partial charge in [0.05, 0.1) is 11.4 Å². The van der Waals surface area contributed by atoms with Crippen molar-refractivity contribution in [3.8, 4) is 0 Å². The van der Waals surface area contributed by atoms with E-state index in [1.165, 1.54) is 0 Å². The number of anilines is 2. The van der Waals surface area contributed by atoms with Gasteiger partial charge in [0.25, 0.3) is 5.91 Å². The first-order chi connectivity index (χ1) is 11.7. The minimum atomic E-state index is -0.0152. The molecule has 1 heterocycles. The van der Waals surface area contributed by atoms with Gasteiger partial charge in [0.2, 0.25) is 0 Å². The summed E-state index contributed by atoms with van der Waals surface area (Å²) < 4.78 is 0. The van der Waals surface area contributed by atoms with E-state index in [-0.39, 0.29) is 5.91 Å². The summed E-state index contributed by atoms with van der Waals surface area (Å²) >= 11 is 0. The van der Waals surface area contributed by atoms with Gasteiger partial charge in [-0.2, -0.15) is 0 Å². The number of fused-ring (bicyclic) bond motifs is 2. The molecule has 4 rings (SSSR count). The smallest absolute Gasteiger partial charge is 0.262 e. The highest BCUT2D eigenvalue weighted by molar-refractivity contribution is 6.14. The first-order valence-corrected chi connectivity index (χ1v) is 8.01. The van der Waals surface area contributed by atoms with Gasteiger partial charge in [0.1, 0.15) is 0 Å². The van der Waals surface area contributed by atoms with Crippen LogP contribution < -0.4 is 4.90 Å². The highest BCUT2D eigenvalue weighted by Gasteiger charge is 2.24. The highest BCUT2D eigenvalue weighted by atomic mass is 16.2. The first kappa shape index (κ1) is 14.5. The number of carbonyl (C=O) groups excluding carboxylic acids is 1. The van der Waals surface area contributed by atoms with E-state index >= 15 is 0 Å². The van der Waals surface area contributed by atoms with E-state index in [1.54, 1.807) is 0 Å². The fraction of sp³-hybridized carbons (Fsp3) is 0.0455. The van der Waals surface area contributed by atoms with Crippen molar-refractivity contribution < 1.29 is 4.79 Å². The number of nitrogens with zero attached hydrogens (tertiary/aromatic N) is 1. The van der Waals surface area contributed by atoms with Crippen molar-refractivity contribution in [2.45, 2.75) is 6.92 Å². The molecule has 1 aliphatic rings. The van der Waals surface area contributed by atoms with Crippen LogP contribution in [-0.2, 0) is 0 Å². The average Bonchev–Trinajstić information content (AvgIpc) is 2.79. The lowest BCUT2D eigenvalue weighted by Gasteiger charge is -2.25. The monoisotopic (exact) mass is 311 g/mol. The number of rotatable bonds is 1. The predicted molar refractivity (Wildman–Crippen MR) is 99.5 cm³/mol. The predicted octanol–water partition coefficient (Wildman–Crippen LogP) is 5.46. The van der Waals surface area contributed by atoms with Gasteiger partial charge in [-0.05, 0) is 42.3 Å². The van der Waals surface area contributed by atoms with Crippen LogP contribution in [0.1, 0.15) is 27.0 Å². The molecule has 0 atom stereocenters. The maximum absolute atomic E-state index is 13.3. The van der Waals surface area contributed by atoms with Crippen LogP contribution in [0.25, 0.3) is 12.2 Å². The molecule has 0 aliphatic carbocycles. The molecule has 116 valence electrons. The molecule has 2 heteroatoms. The molecule has 0 saturated heterocycles.